The molecular weight excluding hydrogens is 320 g/mol. The van der Waals surface area contributed by atoms with Crippen LogP contribution in [0.15, 0.2) is 78.6 Å². The second-order valence-corrected chi connectivity index (χ2v) is 10.9. The van der Waals surface area contributed by atoms with E-state index in [0.29, 0.717) is 5.92 Å². The summed E-state index contributed by atoms with van der Waals surface area (Å²) in [5.74, 6) is 0.422. The largest absolute Gasteiger partial charge is 0.545 e. The number of benzene rings is 2. The van der Waals surface area contributed by atoms with E-state index in [9.17, 15) is 0 Å². The van der Waals surface area contributed by atoms with Gasteiger partial charge in [-0.25, -0.2) is 0 Å². The van der Waals surface area contributed by atoms with Gasteiger partial charge in [-0.3, -0.25) is 0 Å². The second-order valence-electron chi connectivity index (χ2n) is 7.02. The molecule has 25 heavy (non-hydrogen) atoms. The lowest BCUT2D eigenvalue weighted by Gasteiger charge is -2.22. The van der Waals surface area contributed by atoms with Crippen LogP contribution in [0.1, 0.15) is 32.3 Å². The molecule has 1 nitrogen and oxygen atoms in total. The lowest BCUT2D eigenvalue weighted by Crippen LogP contribution is -2.43. The highest BCUT2D eigenvalue weighted by atomic mass is 28.4. The van der Waals surface area contributed by atoms with Crippen LogP contribution in [0.3, 0.4) is 0 Å². The lowest BCUT2D eigenvalue weighted by atomic mass is 9.94. The first-order chi connectivity index (χ1) is 12.0. The van der Waals surface area contributed by atoms with E-state index in [1.54, 1.807) is 0 Å². The molecule has 0 aliphatic carbocycles. The highest BCUT2D eigenvalue weighted by Gasteiger charge is 2.25. The van der Waals surface area contributed by atoms with Gasteiger partial charge in [0.2, 0.25) is 0 Å². The first kappa shape index (κ1) is 19.3. The minimum absolute atomic E-state index is 0.422. The van der Waals surface area contributed by atoms with Gasteiger partial charge >= 0.3 is 0 Å². The van der Waals surface area contributed by atoms with E-state index in [-0.39, 0.29) is 0 Å². The fraction of sp³-hybridized carbons (Fsp3) is 0.304. The van der Waals surface area contributed by atoms with Crippen molar-refractivity contribution in [2.75, 3.05) is 0 Å². The Morgan fingerprint density at radius 3 is 2.20 bits per heavy atom. The lowest BCUT2D eigenvalue weighted by molar-refractivity contribution is 0.476. The summed E-state index contributed by atoms with van der Waals surface area (Å²) >= 11 is 0. The Labute approximate surface area is 154 Å². The molecule has 0 saturated carbocycles. The molecule has 0 aliphatic rings. The first-order valence-corrected chi connectivity index (χ1v) is 12.1. The van der Waals surface area contributed by atoms with Crippen molar-refractivity contribution in [1.29, 1.82) is 0 Å². The molecule has 0 spiro atoms. The Kier molecular flexibility index (Phi) is 7.26. The second kappa shape index (κ2) is 9.43. The van der Waals surface area contributed by atoms with Crippen LogP contribution < -0.4 is 5.19 Å². The minimum atomic E-state index is -1.88. The van der Waals surface area contributed by atoms with Crippen LogP contribution in [-0.2, 0) is 4.43 Å². The zero-order valence-corrected chi connectivity index (χ0v) is 16.9. The molecule has 0 radical (unpaired) electrons. The molecule has 0 fully saturated rings. The Balaban J connectivity index is 2.08. The minimum Gasteiger partial charge on any atom is -0.545 e. The van der Waals surface area contributed by atoms with Crippen molar-refractivity contribution < 1.29 is 4.43 Å². The van der Waals surface area contributed by atoms with Gasteiger partial charge < -0.3 is 4.43 Å². The van der Waals surface area contributed by atoms with Crippen molar-refractivity contribution >= 4 is 19.6 Å². The van der Waals surface area contributed by atoms with E-state index in [2.05, 4.69) is 99.8 Å². The number of hydrogen-bond acceptors (Lipinski definition) is 1. The topological polar surface area (TPSA) is 9.23 Å². The molecule has 1 atom stereocenters. The van der Waals surface area contributed by atoms with Gasteiger partial charge in [0.15, 0.2) is 0 Å². The van der Waals surface area contributed by atoms with Gasteiger partial charge in [0.1, 0.15) is 0 Å². The fourth-order valence-corrected chi connectivity index (χ4v) is 4.47. The summed E-state index contributed by atoms with van der Waals surface area (Å²) < 4.78 is 6.22. The molecule has 0 bridgehead atoms. The van der Waals surface area contributed by atoms with Crippen LogP contribution in [0.5, 0.6) is 0 Å². The summed E-state index contributed by atoms with van der Waals surface area (Å²) in [5.41, 5.74) is 2.64. The number of hydrogen-bond donors (Lipinski definition) is 0. The van der Waals surface area contributed by atoms with Crippen LogP contribution in [0.4, 0.5) is 0 Å². The van der Waals surface area contributed by atoms with Crippen LogP contribution in [-0.4, -0.2) is 8.32 Å². The monoisotopic (exact) mass is 350 g/mol. The average molecular weight is 351 g/mol. The summed E-state index contributed by atoms with van der Waals surface area (Å²) in [6.45, 7) is 8.94. The van der Waals surface area contributed by atoms with Gasteiger partial charge in [0.25, 0.3) is 8.32 Å². The van der Waals surface area contributed by atoms with E-state index >= 15 is 0 Å². The Morgan fingerprint density at radius 1 is 1.00 bits per heavy atom. The molecule has 0 N–H and O–H groups in total. The van der Waals surface area contributed by atoms with E-state index in [1.807, 2.05) is 6.26 Å². The molecule has 2 heteroatoms. The molecular formula is C23H30OSi. The first-order valence-electron chi connectivity index (χ1n) is 9.16. The van der Waals surface area contributed by atoms with Gasteiger partial charge in [-0.05, 0) is 43.3 Å². The van der Waals surface area contributed by atoms with Crippen molar-refractivity contribution in [3.63, 3.8) is 0 Å². The molecule has 0 aromatic heterocycles. The summed E-state index contributed by atoms with van der Waals surface area (Å²) in [6.07, 6.45) is 8.76. The molecule has 2 aromatic carbocycles. The number of rotatable bonds is 8. The average Bonchev–Trinajstić information content (AvgIpc) is 2.62. The fourth-order valence-electron chi connectivity index (χ4n) is 2.92. The zero-order chi connectivity index (χ0) is 18.1. The molecule has 2 rings (SSSR count). The predicted octanol–water partition coefficient (Wildman–Crippen LogP) is 6.15. The highest BCUT2D eigenvalue weighted by molar-refractivity contribution is 6.84. The third-order valence-electron chi connectivity index (χ3n) is 4.52. The van der Waals surface area contributed by atoms with Gasteiger partial charge in [-0.1, -0.05) is 85.7 Å². The van der Waals surface area contributed by atoms with Crippen LogP contribution in [0, 0.1) is 5.92 Å². The summed E-state index contributed by atoms with van der Waals surface area (Å²) in [7, 11) is -1.88. The summed E-state index contributed by atoms with van der Waals surface area (Å²) in [6, 6.07) is 21.1. The summed E-state index contributed by atoms with van der Waals surface area (Å²) in [4.78, 5) is 0. The Bertz CT molecular complexity index is 687. The maximum absolute atomic E-state index is 6.22. The van der Waals surface area contributed by atoms with Crippen molar-refractivity contribution in [3.05, 3.63) is 84.1 Å². The Hall–Kier alpha value is -2.06. The van der Waals surface area contributed by atoms with Crippen molar-refractivity contribution in [2.24, 2.45) is 5.92 Å². The normalized spacial score (nSPS) is 13.8. The standard InChI is InChI=1S/C23H30OSi/c1-5-12-22(20(2)19-21-13-8-6-9-14-21)17-18-24-25(3,4)23-15-10-7-11-16-23/h6-11,13-19,22H,5,12H2,1-4H3/b18-17-,20-19+. The van der Waals surface area contributed by atoms with Crippen LogP contribution >= 0.6 is 0 Å². The van der Waals surface area contributed by atoms with Gasteiger partial charge in [-0.2, -0.15) is 0 Å². The molecule has 0 amide bonds. The Morgan fingerprint density at radius 2 is 1.60 bits per heavy atom. The van der Waals surface area contributed by atoms with E-state index in [1.165, 1.54) is 16.3 Å². The molecule has 0 aliphatic heterocycles. The maximum atomic E-state index is 6.22. The smallest absolute Gasteiger partial charge is 0.276 e. The molecule has 2 aromatic rings. The van der Waals surface area contributed by atoms with Crippen LogP contribution in [0.25, 0.3) is 6.08 Å². The molecule has 0 saturated heterocycles. The van der Waals surface area contributed by atoms with Gasteiger partial charge in [0, 0.05) is 5.92 Å². The summed E-state index contributed by atoms with van der Waals surface area (Å²) in [5, 5.41) is 1.32. The SMILES string of the molecule is CCCC(/C=C\O[Si](C)(C)c1ccccc1)/C(C)=C/c1ccccc1. The van der Waals surface area contributed by atoms with Crippen molar-refractivity contribution in [3.8, 4) is 0 Å². The van der Waals surface area contributed by atoms with Crippen molar-refractivity contribution in [1.82, 2.24) is 0 Å². The van der Waals surface area contributed by atoms with Gasteiger partial charge in [-0.15, -0.1) is 0 Å². The van der Waals surface area contributed by atoms with E-state index < -0.39 is 8.32 Å². The molecule has 1 unspecified atom stereocenters. The zero-order valence-electron chi connectivity index (χ0n) is 15.9. The van der Waals surface area contributed by atoms with Crippen LogP contribution in [0.2, 0.25) is 13.1 Å². The molecule has 132 valence electrons. The quantitative estimate of drug-likeness (QED) is 0.410. The molecule has 0 heterocycles. The third kappa shape index (κ3) is 6.06. The van der Waals surface area contributed by atoms with E-state index in [0.717, 1.165) is 12.8 Å². The third-order valence-corrected chi connectivity index (χ3v) is 6.97. The maximum Gasteiger partial charge on any atom is 0.276 e. The predicted molar refractivity (Wildman–Crippen MR) is 112 cm³/mol. The highest BCUT2D eigenvalue weighted by Crippen LogP contribution is 2.21. The van der Waals surface area contributed by atoms with Crippen molar-refractivity contribution in [2.45, 2.75) is 39.8 Å². The van der Waals surface area contributed by atoms with E-state index in [4.69, 9.17) is 4.43 Å². The van der Waals surface area contributed by atoms with Gasteiger partial charge in [0.05, 0.1) is 6.26 Å². The number of allylic oxidation sites excluding steroid dienone is 2.